The van der Waals surface area contributed by atoms with Crippen LogP contribution in [0.15, 0.2) is 12.1 Å². The van der Waals surface area contributed by atoms with E-state index < -0.39 is 0 Å². The van der Waals surface area contributed by atoms with Gasteiger partial charge in [-0.3, -0.25) is 0 Å². The maximum Gasteiger partial charge on any atom is 0.122 e. The summed E-state index contributed by atoms with van der Waals surface area (Å²) in [6, 6.07) is 4.52. The molecule has 0 saturated heterocycles. The number of hydrogen-bond donors (Lipinski definition) is 1. The molecule has 2 heteroatoms. The molecule has 106 valence electrons. The molecule has 0 heterocycles. The number of aryl methyl sites for hydroxylation is 2. The molecule has 2 nitrogen and oxygen atoms in total. The zero-order valence-electron chi connectivity index (χ0n) is 12.8. The van der Waals surface area contributed by atoms with Gasteiger partial charge in [-0.15, -0.1) is 0 Å². The van der Waals surface area contributed by atoms with Crippen molar-refractivity contribution in [1.29, 1.82) is 0 Å². The summed E-state index contributed by atoms with van der Waals surface area (Å²) in [6.45, 7) is 6.54. The first-order chi connectivity index (χ1) is 9.04. The van der Waals surface area contributed by atoms with Gasteiger partial charge < -0.3 is 10.5 Å². The first-order valence-electron chi connectivity index (χ1n) is 7.45. The normalized spacial score (nSPS) is 19.4. The van der Waals surface area contributed by atoms with Crippen molar-refractivity contribution in [3.8, 4) is 5.75 Å². The van der Waals surface area contributed by atoms with Crippen LogP contribution in [0.4, 0.5) is 0 Å². The molecule has 2 rings (SSSR count). The van der Waals surface area contributed by atoms with Crippen molar-refractivity contribution in [3.05, 3.63) is 28.8 Å². The molecule has 0 aromatic heterocycles. The fourth-order valence-electron chi connectivity index (χ4n) is 3.66. The summed E-state index contributed by atoms with van der Waals surface area (Å²) in [5.41, 5.74) is 10.7. The van der Waals surface area contributed by atoms with E-state index in [1.807, 2.05) is 0 Å². The molecule has 2 N–H and O–H groups in total. The minimum absolute atomic E-state index is 0.157. The van der Waals surface area contributed by atoms with E-state index in [-0.39, 0.29) is 6.04 Å². The predicted molar refractivity (Wildman–Crippen MR) is 80.6 cm³/mol. The van der Waals surface area contributed by atoms with Crippen molar-refractivity contribution in [1.82, 2.24) is 0 Å². The first-order valence-corrected chi connectivity index (χ1v) is 7.45. The van der Waals surface area contributed by atoms with Gasteiger partial charge in [0.25, 0.3) is 0 Å². The average Bonchev–Trinajstić information content (AvgIpc) is 2.90. The van der Waals surface area contributed by atoms with Crippen molar-refractivity contribution in [2.45, 2.75) is 58.9 Å². The van der Waals surface area contributed by atoms with E-state index in [1.165, 1.54) is 48.8 Å². The third kappa shape index (κ3) is 2.51. The highest BCUT2D eigenvalue weighted by Gasteiger charge is 2.39. The van der Waals surface area contributed by atoms with Gasteiger partial charge >= 0.3 is 0 Å². The van der Waals surface area contributed by atoms with Gasteiger partial charge in [-0.2, -0.15) is 0 Å². The average molecular weight is 261 g/mol. The van der Waals surface area contributed by atoms with Crippen LogP contribution < -0.4 is 10.5 Å². The number of rotatable bonds is 4. The molecular weight excluding hydrogens is 234 g/mol. The minimum atomic E-state index is 0.157. The molecule has 1 aromatic carbocycles. The Labute approximate surface area is 117 Å². The summed E-state index contributed by atoms with van der Waals surface area (Å²) >= 11 is 0. The second-order valence-corrected chi connectivity index (χ2v) is 6.08. The first kappa shape index (κ1) is 14.4. The van der Waals surface area contributed by atoms with Crippen molar-refractivity contribution in [2.75, 3.05) is 7.11 Å². The van der Waals surface area contributed by atoms with Crippen molar-refractivity contribution in [3.63, 3.8) is 0 Å². The number of hydrogen-bond acceptors (Lipinski definition) is 2. The van der Waals surface area contributed by atoms with Gasteiger partial charge in [-0.25, -0.2) is 0 Å². The molecule has 0 bridgehead atoms. The van der Waals surface area contributed by atoms with Crippen molar-refractivity contribution < 1.29 is 4.74 Å². The van der Waals surface area contributed by atoms with Gasteiger partial charge in [0.05, 0.1) is 7.11 Å². The van der Waals surface area contributed by atoms with Crippen molar-refractivity contribution in [2.24, 2.45) is 11.1 Å². The van der Waals surface area contributed by atoms with Crippen LogP contribution in [0.2, 0.25) is 0 Å². The lowest BCUT2D eigenvalue weighted by Crippen LogP contribution is -2.32. The van der Waals surface area contributed by atoms with E-state index in [4.69, 9.17) is 10.5 Å². The van der Waals surface area contributed by atoms with E-state index in [9.17, 15) is 0 Å². The van der Waals surface area contributed by atoms with Gasteiger partial charge in [0.15, 0.2) is 0 Å². The highest BCUT2D eigenvalue weighted by atomic mass is 16.5. The molecule has 0 aliphatic heterocycles. The Hall–Kier alpha value is -1.02. The summed E-state index contributed by atoms with van der Waals surface area (Å²) in [5.74, 6) is 0.963. The lowest BCUT2D eigenvalue weighted by molar-refractivity contribution is 0.221. The lowest BCUT2D eigenvalue weighted by atomic mass is 9.73. The minimum Gasteiger partial charge on any atom is -0.496 e. The van der Waals surface area contributed by atoms with Crippen LogP contribution in [0.25, 0.3) is 0 Å². The van der Waals surface area contributed by atoms with Crippen LogP contribution in [0.3, 0.4) is 0 Å². The van der Waals surface area contributed by atoms with E-state index in [0.29, 0.717) is 5.41 Å². The van der Waals surface area contributed by atoms with Gasteiger partial charge in [0.1, 0.15) is 5.75 Å². The van der Waals surface area contributed by atoms with Gasteiger partial charge in [0, 0.05) is 6.04 Å². The zero-order valence-corrected chi connectivity index (χ0v) is 12.8. The van der Waals surface area contributed by atoms with E-state index in [1.54, 1.807) is 7.11 Å². The van der Waals surface area contributed by atoms with E-state index >= 15 is 0 Å². The summed E-state index contributed by atoms with van der Waals surface area (Å²) in [6.07, 6.45) is 6.38. The Balaban J connectivity index is 2.38. The summed E-state index contributed by atoms with van der Waals surface area (Å²) in [7, 11) is 1.73. The molecule has 0 radical (unpaired) electrons. The van der Waals surface area contributed by atoms with Crippen LogP contribution in [-0.2, 0) is 0 Å². The molecule has 1 atom stereocenters. The van der Waals surface area contributed by atoms with E-state index in [0.717, 1.165) is 5.75 Å². The highest BCUT2D eigenvalue weighted by molar-refractivity contribution is 5.43. The van der Waals surface area contributed by atoms with Crippen LogP contribution in [0.5, 0.6) is 5.75 Å². The summed E-state index contributed by atoms with van der Waals surface area (Å²) in [5, 5.41) is 0. The summed E-state index contributed by atoms with van der Waals surface area (Å²) in [4.78, 5) is 0. The highest BCUT2D eigenvalue weighted by Crippen LogP contribution is 2.49. The fourth-order valence-corrected chi connectivity index (χ4v) is 3.66. The summed E-state index contributed by atoms with van der Waals surface area (Å²) < 4.78 is 5.40. The second kappa shape index (κ2) is 5.54. The molecule has 1 aliphatic carbocycles. The monoisotopic (exact) mass is 261 g/mol. The molecule has 1 unspecified atom stereocenters. The molecular formula is C17H27NO. The van der Waals surface area contributed by atoms with E-state index in [2.05, 4.69) is 32.9 Å². The molecule has 1 aromatic rings. The maximum absolute atomic E-state index is 6.67. The van der Waals surface area contributed by atoms with Crippen LogP contribution in [0, 0.1) is 19.3 Å². The Morgan fingerprint density at radius 2 is 1.84 bits per heavy atom. The largest absolute Gasteiger partial charge is 0.496 e. The Kier molecular flexibility index (Phi) is 4.19. The molecule has 1 saturated carbocycles. The third-order valence-corrected chi connectivity index (χ3v) is 5.08. The van der Waals surface area contributed by atoms with Crippen LogP contribution in [-0.4, -0.2) is 7.11 Å². The predicted octanol–water partition coefficient (Wildman–Crippen LogP) is 4.28. The molecule has 1 aliphatic rings. The molecule has 0 spiro atoms. The second-order valence-electron chi connectivity index (χ2n) is 6.08. The lowest BCUT2D eigenvalue weighted by Gasteiger charge is -2.35. The van der Waals surface area contributed by atoms with Gasteiger partial charge in [0.2, 0.25) is 0 Å². The van der Waals surface area contributed by atoms with Crippen molar-refractivity contribution >= 4 is 0 Å². The Bertz CT molecular complexity index is 447. The topological polar surface area (TPSA) is 35.2 Å². The SMILES string of the molecule is CCC1(C(N)c2cc(C)c(OC)cc2C)CCCC1. The Morgan fingerprint density at radius 3 is 2.37 bits per heavy atom. The van der Waals surface area contributed by atoms with Gasteiger partial charge in [-0.05, 0) is 61.3 Å². The fraction of sp³-hybridized carbons (Fsp3) is 0.647. The molecule has 19 heavy (non-hydrogen) atoms. The van der Waals surface area contributed by atoms with Crippen LogP contribution in [0.1, 0.15) is 61.8 Å². The number of ether oxygens (including phenoxy) is 1. The number of nitrogens with two attached hydrogens (primary N) is 1. The zero-order chi connectivity index (χ0) is 14.0. The quantitative estimate of drug-likeness (QED) is 0.878. The molecule has 1 fully saturated rings. The molecule has 0 amide bonds. The maximum atomic E-state index is 6.67. The standard InChI is InChI=1S/C17H27NO/c1-5-17(8-6-7-9-17)16(18)14-10-13(3)15(19-4)11-12(14)2/h10-11,16H,5-9,18H2,1-4H3. The number of methoxy groups -OCH3 is 1. The Morgan fingerprint density at radius 1 is 1.21 bits per heavy atom. The van der Waals surface area contributed by atoms with Crippen LogP contribution >= 0.6 is 0 Å². The van der Waals surface area contributed by atoms with Gasteiger partial charge in [-0.1, -0.05) is 25.8 Å². The number of benzene rings is 1. The third-order valence-electron chi connectivity index (χ3n) is 5.08. The smallest absolute Gasteiger partial charge is 0.122 e.